The van der Waals surface area contributed by atoms with Crippen molar-refractivity contribution in [2.45, 2.75) is 19.9 Å². The zero-order valence-electron chi connectivity index (χ0n) is 8.17. The first-order chi connectivity index (χ1) is 6.50. The van der Waals surface area contributed by atoms with E-state index in [2.05, 4.69) is 5.32 Å². The first-order valence-electron chi connectivity index (χ1n) is 4.33. The summed E-state index contributed by atoms with van der Waals surface area (Å²) in [6, 6.07) is 4.83. The van der Waals surface area contributed by atoms with E-state index in [0.717, 1.165) is 5.56 Å². The number of nitrogens with two attached hydrogens (primary N) is 1. The Hall–Kier alpha value is -1.06. The molecule has 3 nitrogen and oxygen atoms in total. The molecular formula is C10H13ClN2O. The Balaban J connectivity index is 2.78. The molecule has 1 aromatic rings. The maximum Gasteiger partial charge on any atom is 0.240 e. The van der Waals surface area contributed by atoms with Crippen molar-refractivity contribution in [2.75, 3.05) is 5.32 Å². The van der Waals surface area contributed by atoms with Gasteiger partial charge >= 0.3 is 0 Å². The van der Waals surface area contributed by atoms with Crippen molar-refractivity contribution in [3.63, 3.8) is 0 Å². The van der Waals surface area contributed by atoms with Crippen LogP contribution >= 0.6 is 11.6 Å². The average Bonchev–Trinajstić information content (AvgIpc) is 2.11. The molecule has 3 N–H and O–H groups in total. The molecule has 0 aliphatic rings. The van der Waals surface area contributed by atoms with Crippen molar-refractivity contribution in [1.82, 2.24) is 0 Å². The molecule has 1 rings (SSSR count). The Morgan fingerprint density at radius 2 is 2.21 bits per heavy atom. The minimum absolute atomic E-state index is 0.218. The number of carbonyl (C=O) groups is 1. The highest BCUT2D eigenvalue weighted by Crippen LogP contribution is 2.19. The number of benzene rings is 1. The number of hydrogen-bond acceptors (Lipinski definition) is 2. The third kappa shape index (κ3) is 2.72. The van der Waals surface area contributed by atoms with Gasteiger partial charge in [0.2, 0.25) is 5.91 Å². The molecule has 76 valence electrons. The second kappa shape index (κ2) is 4.44. The second-order valence-corrected chi connectivity index (χ2v) is 3.65. The fourth-order valence-corrected chi connectivity index (χ4v) is 1.11. The molecule has 0 saturated carbocycles. The van der Waals surface area contributed by atoms with Crippen molar-refractivity contribution >= 4 is 23.2 Å². The smallest absolute Gasteiger partial charge is 0.240 e. The highest BCUT2D eigenvalue weighted by Gasteiger charge is 2.07. The molecule has 0 fully saturated rings. The molecule has 0 radical (unpaired) electrons. The lowest BCUT2D eigenvalue weighted by Gasteiger charge is -2.08. The molecule has 0 aromatic heterocycles. The fraction of sp³-hybridized carbons (Fsp3) is 0.300. The lowest BCUT2D eigenvalue weighted by atomic mass is 10.2. The van der Waals surface area contributed by atoms with Crippen molar-refractivity contribution < 1.29 is 4.79 Å². The van der Waals surface area contributed by atoms with Gasteiger partial charge in [-0.2, -0.15) is 0 Å². The molecule has 0 aliphatic carbocycles. The number of anilines is 1. The molecule has 1 aromatic carbocycles. The lowest BCUT2D eigenvalue weighted by Crippen LogP contribution is -2.32. The van der Waals surface area contributed by atoms with Gasteiger partial charge in [-0.15, -0.1) is 0 Å². The van der Waals surface area contributed by atoms with Gasteiger partial charge in [-0.1, -0.05) is 17.7 Å². The Morgan fingerprint density at radius 3 is 2.71 bits per heavy atom. The highest BCUT2D eigenvalue weighted by molar-refractivity contribution is 6.31. The van der Waals surface area contributed by atoms with Crippen molar-refractivity contribution in [2.24, 2.45) is 5.73 Å². The van der Waals surface area contributed by atoms with Crippen LogP contribution in [0.4, 0.5) is 5.69 Å². The minimum atomic E-state index is -0.518. The van der Waals surface area contributed by atoms with Crippen LogP contribution < -0.4 is 11.1 Å². The fourth-order valence-electron chi connectivity index (χ4n) is 0.927. The van der Waals surface area contributed by atoms with E-state index in [-0.39, 0.29) is 5.91 Å². The largest absolute Gasteiger partial charge is 0.325 e. The Kier molecular flexibility index (Phi) is 3.49. The van der Waals surface area contributed by atoms with E-state index in [9.17, 15) is 4.79 Å². The molecular weight excluding hydrogens is 200 g/mol. The normalized spacial score (nSPS) is 12.3. The van der Waals surface area contributed by atoms with E-state index >= 15 is 0 Å². The average molecular weight is 213 g/mol. The first kappa shape index (κ1) is 11.0. The quantitative estimate of drug-likeness (QED) is 0.787. The predicted octanol–water partition coefficient (Wildman–Crippen LogP) is 1.93. The maximum absolute atomic E-state index is 11.2. The molecule has 0 aliphatic heterocycles. The summed E-state index contributed by atoms with van der Waals surface area (Å²) in [5.41, 5.74) is 7.05. The number of rotatable bonds is 2. The molecule has 0 spiro atoms. The van der Waals surface area contributed by atoms with Gasteiger partial charge < -0.3 is 11.1 Å². The van der Waals surface area contributed by atoms with Crippen LogP contribution in [0.5, 0.6) is 0 Å². The van der Waals surface area contributed by atoms with Gasteiger partial charge in [0.05, 0.1) is 6.04 Å². The maximum atomic E-state index is 11.2. The van der Waals surface area contributed by atoms with Gasteiger partial charge in [0.25, 0.3) is 0 Å². The SMILES string of the molecule is Cc1ccc(NC(=O)C(C)N)cc1Cl. The molecule has 0 bridgehead atoms. The number of amides is 1. The molecule has 1 unspecified atom stereocenters. The Labute approximate surface area is 88.2 Å². The van der Waals surface area contributed by atoms with Gasteiger partial charge in [0.15, 0.2) is 0 Å². The van der Waals surface area contributed by atoms with Crippen LogP contribution in [0.2, 0.25) is 5.02 Å². The van der Waals surface area contributed by atoms with E-state index in [4.69, 9.17) is 17.3 Å². The van der Waals surface area contributed by atoms with Gasteiger partial charge in [0.1, 0.15) is 0 Å². The molecule has 14 heavy (non-hydrogen) atoms. The van der Waals surface area contributed by atoms with Crippen LogP contribution in [0.15, 0.2) is 18.2 Å². The predicted molar refractivity (Wildman–Crippen MR) is 58.5 cm³/mol. The van der Waals surface area contributed by atoms with Crippen molar-refractivity contribution in [3.8, 4) is 0 Å². The summed E-state index contributed by atoms with van der Waals surface area (Å²) in [5, 5.41) is 3.29. The van der Waals surface area contributed by atoms with Gasteiger partial charge in [-0.3, -0.25) is 4.79 Å². The summed E-state index contributed by atoms with van der Waals surface area (Å²) < 4.78 is 0. The third-order valence-corrected chi connectivity index (χ3v) is 2.26. The highest BCUT2D eigenvalue weighted by atomic mass is 35.5. The van der Waals surface area contributed by atoms with Gasteiger partial charge in [-0.25, -0.2) is 0 Å². The summed E-state index contributed by atoms with van der Waals surface area (Å²) in [6.07, 6.45) is 0. The molecule has 1 atom stereocenters. The van der Waals surface area contributed by atoms with Crippen LogP contribution in [-0.4, -0.2) is 11.9 Å². The van der Waals surface area contributed by atoms with Crippen LogP contribution in [0, 0.1) is 6.92 Å². The number of hydrogen-bond donors (Lipinski definition) is 2. The first-order valence-corrected chi connectivity index (χ1v) is 4.71. The number of carbonyl (C=O) groups excluding carboxylic acids is 1. The Morgan fingerprint density at radius 1 is 1.57 bits per heavy atom. The summed E-state index contributed by atoms with van der Waals surface area (Å²) in [6.45, 7) is 3.53. The van der Waals surface area contributed by atoms with E-state index in [1.165, 1.54) is 0 Å². The third-order valence-electron chi connectivity index (χ3n) is 1.85. The van der Waals surface area contributed by atoms with Crippen LogP contribution in [0.25, 0.3) is 0 Å². The van der Waals surface area contributed by atoms with Gasteiger partial charge in [0, 0.05) is 10.7 Å². The van der Waals surface area contributed by atoms with Gasteiger partial charge in [-0.05, 0) is 31.5 Å². The van der Waals surface area contributed by atoms with Crippen molar-refractivity contribution in [3.05, 3.63) is 28.8 Å². The van der Waals surface area contributed by atoms with Crippen LogP contribution in [0.3, 0.4) is 0 Å². The van der Waals surface area contributed by atoms with Crippen LogP contribution in [-0.2, 0) is 4.79 Å². The number of halogens is 1. The van der Waals surface area contributed by atoms with E-state index < -0.39 is 6.04 Å². The monoisotopic (exact) mass is 212 g/mol. The zero-order chi connectivity index (χ0) is 10.7. The van der Waals surface area contributed by atoms with Crippen molar-refractivity contribution in [1.29, 1.82) is 0 Å². The lowest BCUT2D eigenvalue weighted by molar-refractivity contribution is -0.117. The summed E-state index contributed by atoms with van der Waals surface area (Å²) in [5.74, 6) is -0.218. The van der Waals surface area contributed by atoms with E-state index in [0.29, 0.717) is 10.7 Å². The topological polar surface area (TPSA) is 55.1 Å². The molecule has 1 amide bonds. The van der Waals surface area contributed by atoms with E-state index in [1.807, 2.05) is 13.0 Å². The second-order valence-electron chi connectivity index (χ2n) is 3.24. The summed E-state index contributed by atoms with van der Waals surface area (Å²) in [4.78, 5) is 11.2. The minimum Gasteiger partial charge on any atom is -0.325 e. The summed E-state index contributed by atoms with van der Waals surface area (Å²) in [7, 11) is 0. The zero-order valence-corrected chi connectivity index (χ0v) is 8.93. The molecule has 4 heteroatoms. The summed E-state index contributed by atoms with van der Waals surface area (Å²) >= 11 is 5.89. The number of aryl methyl sites for hydroxylation is 1. The standard InChI is InChI=1S/C10H13ClN2O/c1-6-3-4-8(5-9(6)11)13-10(14)7(2)12/h3-5,7H,12H2,1-2H3,(H,13,14). The van der Waals surface area contributed by atoms with E-state index in [1.54, 1.807) is 19.1 Å². The molecule has 0 heterocycles. The molecule has 0 saturated heterocycles. The Bertz CT molecular complexity index is 350. The van der Waals surface area contributed by atoms with Crippen LogP contribution in [0.1, 0.15) is 12.5 Å². The number of nitrogens with one attached hydrogen (secondary N) is 1.